The van der Waals surface area contributed by atoms with Gasteiger partial charge in [0.15, 0.2) is 0 Å². The van der Waals surface area contributed by atoms with E-state index in [0.29, 0.717) is 25.2 Å². The van der Waals surface area contributed by atoms with Crippen LogP contribution in [0, 0.1) is 0 Å². The van der Waals surface area contributed by atoms with Crippen molar-refractivity contribution in [1.82, 2.24) is 15.1 Å². The summed E-state index contributed by atoms with van der Waals surface area (Å²) in [6.07, 6.45) is 0. The van der Waals surface area contributed by atoms with Crippen molar-refractivity contribution in [3.63, 3.8) is 0 Å². The van der Waals surface area contributed by atoms with Gasteiger partial charge in [0.25, 0.3) is 0 Å². The lowest BCUT2D eigenvalue weighted by atomic mass is 10.1. The van der Waals surface area contributed by atoms with E-state index in [4.69, 9.17) is 11.6 Å². The molecule has 1 aromatic rings. The molecule has 0 aliphatic carbocycles. The van der Waals surface area contributed by atoms with Gasteiger partial charge < -0.3 is 10.2 Å². The molecule has 2 atom stereocenters. The van der Waals surface area contributed by atoms with Crippen LogP contribution in [0.5, 0.6) is 0 Å². The van der Waals surface area contributed by atoms with Crippen LogP contribution in [0.25, 0.3) is 0 Å². The summed E-state index contributed by atoms with van der Waals surface area (Å²) in [4.78, 5) is 17.4. The number of rotatable bonds is 4. The number of hydrogen-bond acceptors (Lipinski definition) is 4. The number of halogens is 2. The molecule has 4 nitrogen and oxygen atoms in total. The largest absolute Gasteiger partial charge is 0.340 e. The van der Waals surface area contributed by atoms with Crippen molar-refractivity contribution in [1.29, 1.82) is 0 Å². The highest BCUT2D eigenvalue weighted by Gasteiger charge is 2.23. The number of hydrogen-bond donors (Lipinski definition) is 1. The molecule has 0 bridgehead atoms. The van der Waals surface area contributed by atoms with Gasteiger partial charge in [-0.25, -0.2) is 0 Å². The van der Waals surface area contributed by atoms with E-state index >= 15 is 0 Å². The lowest BCUT2D eigenvalue weighted by molar-refractivity contribution is -0.132. The van der Waals surface area contributed by atoms with Gasteiger partial charge in [-0.15, -0.1) is 23.7 Å². The van der Waals surface area contributed by atoms with Crippen LogP contribution in [-0.4, -0.2) is 54.5 Å². The topological polar surface area (TPSA) is 35.6 Å². The van der Waals surface area contributed by atoms with Crippen LogP contribution in [0.3, 0.4) is 0 Å². The first-order chi connectivity index (χ1) is 9.44. The zero-order chi connectivity index (χ0) is 14.7. The summed E-state index contributed by atoms with van der Waals surface area (Å²) in [7, 11) is 1.85. The minimum atomic E-state index is 0. The Kier molecular flexibility index (Phi) is 7.44. The van der Waals surface area contributed by atoms with Crippen LogP contribution < -0.4 is 5.32 Å². The quantitative estimate of drug-likeness (QED) is 0.904. The molecular weight excluding hydrogens is 329 g/mol. The minimum Gasteiger partial charge on any atom is -0.340 e. The third kappa shape index (κ3) is 5.75. The molecule has 1 aromatic heterocycles. The first-order valence-electron chi connectivity index (χ1n) is 6.90. The molecule has 2 unspecified atom stereocenters. The molecule has 1 N–H and O–H groups in total. The standard InChI is InChI=1S/C14H22ClN3OS.ClH/c1-10-6-18(7-11(2)16-10)9-14(19)17(3)8-12-4-5-13(15)20-12;/h4-5,10-11,16H,6-9H2,1-3H3;1H. The summed E-state index contributed by atoms with van der Waals surface area (Å²) in [5.41, 5.74) is 0. The molecule has 1 aliphatic rings. The van der Waals surface area contributed by atoms with Gasteiger partial charge in [0.05, 0.1) is 17.4 Å². The summed E-state index contributed by atoms with van der Waals surface area (Å²) in [5, 5.41) is 3.47. The van der Waals surface area contributed by atoms with Gasteiger partial charge >= 0.3 is 0 Å². The predicted molar refractivity (Wildman–Crippen MR) is 91.6 cm³/mol. The second-order valence-electron chi connectivity index (χ2n) is 5.62. The molecule has 21 heavy (non-hydrogen) atoms. The normalized spacial score (nSPS) is 22.7. The molecule has 0 radical (unpaired) electrons. The SMILES string of the molecule is CC1CN(CC(=O)N(C)Cc2ccc(Cl)s2)CC(C)N1.Cl. The van der Waals surface area contributed by atoms with Gasteiger partial charge in [-0.1, -0.05) is 11.6 Å². The molecule has 7 heteroatoms. The molecule has 1 amide bonds. The Morgan fingerprint density at radius 2 is 2.05 bits per heavy atom. The number of carbonyl (C=O) groups is 1. The number of nitrogens with one attached hydrogen (secondary N) is 1. The van der Waals surface area contributed by atoms with Crippen LogP contribution in [0.1, 0.15) is 18.7 Å². The van der Waals surface area contributed by atoms with Gasteiger partial charge in [-0.3, -0.25) is 9.69 Å². The number of carbonyl (C=O) groups excluding carboxylic acids is 1. The fourth-order valence-corrected chi connectivity index (χ4v) is 3.78. The Morgan fingerprint density at radius 3 is 2.57 bits per heavy atom. The molecule has 1 fully saturated rings. The van der Waals surface area contributed by atoms with E-state index in [1.165, 1.54) is 11.3 Å². The van der Waals surface area contributed by atoms with Crippen LogP contribution in [0.15, 0.2) is 12.1 Å². The van der Waals surface area contributed by atoms with Gasteiger partial charge in [0.1, 0.15) is 0 Å². The van der Waals surface area contributed by atoms with E-state index in [1.807, 2.05) is 19.2 Å². The zero-order valence-electron chi connectivity index (χ0n) is 12.6. The summed E-state index contributed by atoms with van der Waals surface area (Å²) < 4.78 is 0.769. The van der Waals surface area contributed by atoms with Crippen molar-refractivity contribution < 1.29 is 4.79 Å². The lowest BCUT2D eigenvalue weighted by Crippen LogP contribution is -2.56. The predicted octanol–water partition coefficient (Wildman–Crippen LogP) is 2.46. The minimum absolute atomic E-state index is 0. The van der Waals surface area contributed by atoms with E-state index in [1.54, 1.807) is 4.90 Å². The smallest absolute Gasteiger partial charge is 0.236 e. The number of piperazine rings is 1. The number of likely N-dealkylation sites (N-methyl/N-ethyl adjacent to an activating group) is 1. The van der Waals surface area contributed by atoms with Crippen molar-refractivity contribution >= 4 is 41.3 Å². The first-order valence-corrected chi connectivity index (χ1v) is 8.10. The highest BCUT2D eigenvalue weighted by atomic mass is 35.5. The third-order valence-corrected chi connectivity index (χ3v) is 4.66. The molecule has 0 saturated carbocycles. The van der Waals surface area contributed by atoms with E-state index < -0.39 is 0 Å². The molecular formula is C14H23Cl2N3OS. The fourth-order valence-electron chi connectivity index (χ4n) is 2.64. The highest BCUT2D eigenvalue weighted by Crippen LogP contribution is 2.22. The van der Waals surface area contributed by atoms with Crippen LogP contribution in [-0.2, 0) is 11.3 Å². The van der Waals surface area contributed by atoms with E-state index in [9.17, 15) is 4.79 Å². The van der Waals surface area contributed by atoms with Crippen LogP contribution >= 0.6 is 35.3 Å². The second kappa shape index (κ2) is 8.34. The summed E-state index contributed by atoms with van der Waals surface area (Å²) in [6.45, 7) is 7.29. The Bertz CT molecular complexity index is 459. The van der Waals surface area contributed by atoms with E-state index in [-0.39, 0.29) is 18.3 Å². The fraction of sp³-hybridized carbons (Fsp3) is 0.643. The molecule has 2 heterocycles. The van der Waals surface area contributed by atoms with E-state index in [0.717, 1.165) is 22.3 Å². The summed E-state index contributed by atoms with van der Waals surface area (Å²) >= 11 is 7.44. The van der Waals surface area contributed by atoms with Gasteiger partial charge in [0, 0.05) is 37.1 Å². The molecule has 2 rings (SSSR count). The van der Waals surface area contributed by atoms with Crippen molar-refractivity contribution in [2.45, 2.75) is 32.5 Å². The average molecular weight is 352 g/mol. The van der Waals surface area contributed by atoms with Crippen molar-refractivity contribution in [3.8, 4) is 0 Å². The maximum atomic E-state index is 12.3. The highest BCUT2D eigenvalue weighted by molar-refractivity contribution is 7.16. The average Bonchev–Trinajstić information content (AvgIpc) is 2.73. The molecule has 1 saturated heterocycles. The van der Waals surface area contributed by atoms with Crippen LogP contribution in [0.4, 0.5) is 0 Å². The molecule has 0 spiro atoms. The van der Waals surface area contributed by atoms with Gasteiger partial charge in [-0.2, -0.15) is 0 Å². The summed E-state index contributed by atoms with van der Waals surface area (Å²) in [6, 6.07) is 4.73. The maximum Gasteiger partial charge on any atom is 0.236 e. The van der Waals surface area contributed by atoms with E-state index in [2.05, 4.69) is 24.1 Å². The number of thiophene rings is 1. The monoisotopic (exact) mass is 351 g/mol. The van der Waals surface area contributed by atoms with Gasteiger partial charge in [0.2, 0.25) is 5.91 Å². The Balaban J connectivity index is 0.00000220. The second-order valence-corrected chi connectivity index (χ2v) is 7.42. The van der Waals surface area contributed by atoms with Crippen molar-refractivity contribution in [2.75, 3.05) is 26.7 Å². The Hall–Kier alpha value is -0.330. The first kappa shape index (κ1) is 18.7. The Labute approximate surface area is 141 Å². The molecule has 120 valence electrons. The zero-order valence-corrected chi connectivity index (χ0v) is 15.0. The number of amides is 1. The third-order valence-electron chi connectivity index (χ3n) is 3.44. The number of nitrogens with zero attached hydrogens (tertiary/aromatic N) is 2. The molecule has 1 aliphatic heterocycles. The van der Waals surface area contributed by atoms with Gasteiger partial charge in [-0.05, 0) is 26.0 Å². The lowest BCUT2D eigenvalue weighted by Gasteiger charge is -2.36. The Morgan fingerprint density at radius 1 is 1.43 bits per heavy atom. The van der Waals surface area contributed by atoms with Crippen molar-refractivity contribution in [2.24, 2.45) is 0 Å². The summed E-state index contributed by atoms with van der Waals surface area (Å²) in [5.74, 6) is 0.163. The van der Waals surface area contributed by atoms with Crippen molar-refractivity contribution in [3.05, 3.63) is 21.3 Å². The maximum absolute atomic E-state index is 12.3. The van der Waals surface area contributed by atoms with Crippen LogP contribution in [0.2, 0.25) is 4.34 Å². The molecule has 0 aromatic carbocycles.